The molecule has 5 nitrogen and oxygen atoms in total. The van der Waals surface area contributed by atoms with E-state index in [2.05, 4.69) is 16.8 Å². The Bertz CT molecular complexity index is 904. The van der Waals surface area contributed by atoms with E-state index in [-0.39, 0.29) is 34.8 Å². The summed E-state index contributed by atoms with van der Waals surface area (Å²) in [5.74, 6) is 0.301. The number of amides is 2. The monoisotopic (exact) mass is 444 g/mol. The number of nitrogens with zero attached hydrogens (tertiary/aromatic N) is 1. The van der Waals surface area contributed by atoms with Crippen molar-refractivity contribution in [3.05, 3.63) is 52.5 Å². The maximum absolute atomic E-state index is 13.8. The highest BCUT2D eigenvalue weighted by Crippen LogP contribution is 2.31. The number of hydrogen-bond donors (Lipinski definition) is 1. The maximum Gasteiger partial charge on any atom is 0.222 e. The smallest absolute Gasteiger partial charge is 0.222 e. The minimum absolute atomic E-state index is 0.0750. The molecule has 2 atom stereocenters. The van der Waals surface area contributed by atoms with Crippen molar-refractivity contribution < 1.29 is 18.7 Å². The maximum atomic E-state index is 13.8. The molecule has 7 heteroatoms. The van der Waals surface area contributed by atoms with Gasteiger partial charge in [0, 0.05) is 37.4 Å². The first-order chi connectivity index (χ1) is 15.0. The van der Waals surface area contributed by atoms with Crippen molar-refractivity contribution in [2.45, 2.75) is 50.5 Å². The van der Waals surface area contributed by atoms with Crippen LogP contribution in [-0.2, 0) is 16.0 Å². The number of ether oxygens (including phenoxy) is 1. The molecule has 3 heterocycles. The molecule has 1 N–H and O–H groups in total. The van der Waals surface area contributed by atoms with Gasteiger partial charge < -0.3 is 15.0 Å². The van der Waals surface area contributed by atoms with Crippen LogP contribution in [0.4, 0.5) is 4.39 Å². The van der Waals surface area contributed by atoms with Crippen LogP contribution in [0.25, 0.3) is 0 Å². The number of halogens is 1. The zero-order valence-electron chi connectivity index (χ0n) is 17.6. The highest BCUT2D eigenvalue weighted by atomic mass is 32.1. The number of carbonyl (C=O) groups excluding carboxylic acids is 2. The van der Waals surface area contributed by atoms with Gasteiger partial charge >= 0.3 is 0 Å². The van der Waals surface area contributed by atoms with E-state index in [0.717, 1.165) is 32.2 Å². The van der Waals surface area contributed by atoms with Gasteiger partial charge in [0.2, 0.25) is 11.8 Å². The molecule has 1 aromatic carbocycles. The van der Waals surface area contributed by atoms with E-state index in [9.17, 15) is 14.0 Å². The van der Waals surface area contributed by atoms with Crippen LogP contribution in [0.3, 0.4) is 0 Å². The molecular formula is C24H29FN2O3S. The lowest BCUT2D eigenvalue weighted by Gasteiger charge is -2.34. The molecule has 2 aliphatic heterocycles. The summed E-state index contributed by atoms with van der Waals surface area (Å²) in [4.78, 5) is 26.8. The van der Waals surface area contributed by atoms with Crippen molar-refractivity contribution in [2.75, 3.05) is 19.7 Å². The molecule has 31 heavy (non-hydrogen) atoms. The lowest BCUT2D eigenvalue weighted by atomic mass is 9.85. The van der Waals surface area contributed by atoms with E-state index in [4.69, 9.17) is 4.74 Å². The van der Waals surface area contributed by atoms with Crippen LogP contribution < -0.4 is 10.1 Å². The summed E-state index contributed by atoms with van der Waals surface area (Å²) in [6.07, 6.45) is 5.04. The molecule has 4 rings (SSSR count). The summed E-state index contributed by atoms with van der Waals surface area (Å²) in [5, 5.41) is 7.31. The molecule has 2 fully saturated rings. The fourth-order valence-corrected chi connectivity index (χ4v) is 5.34. The van der Waals surface area contributed by atoms with Crippen LogP contribution in [0.2, 0.25) is 0 Å². The third-order valence-electron chi connectivity index (χ3n) is 6.36. The van der Waals surface area contributed by atoms with Gasteiger partial charge in [0.05, 0.1) is 6.61 Å². The fourth-order valence-electron chi connectivity index (χ4n) is 4.67. The summed E-state index contributed by atoms with van der Waals surface area (Å²) < 4.78 is 19.5. The highest BCUT2D eigenvalue weighted by Gasteiger charge is 2.38. The molecule has 0 saturated carbocycles. The summed E-state index contributed by atoms with van der Waals surface area (Å²) in [6, 6.07) is 8.50. The van der Waals surface area contributed by atoms with E-state index >= 15 is 0 Å². The number of thiophene rings is 1. The van der Waals surface area contributed by atoms with Crippen molar-refractivity contribution in [1.82, 2.24) is 10.2 Å². The molecule has 2 amide bonds. The minimum Gasteiger partial charge on any atom is -0.490 e. The van der Waals surface area contributed by atoms with Gasteiger partial charge in [-0.15, -0.1) is 0 Å². The van der Waals surface area contributed by atoms with Crippen LogP contribution in [0.15, 0.2) is 41.1 Å². The second kappa shape index (κ2) is 9.81. The summed E-state index contributed by atoms with van der Waals surface area (Å²) in [7, 11) is 0. The molecule has 2 saturated heterocycles. The van der Waals surface area contributed by atoms with Gasteiger partial charge in [-0.1, -0.05) is 12.1 Å². The number of benzene rings is 1. The zero-order chi connectivity index (χ0) is 21.7. The van der Waals surface area contributed by atoms with Gasteiger partial charge in [0.25, 0.3) is 0 Å². The van der Waals surface area contributed by atoms with Crippen LogP contribution in [0.5, 0.6) is 5.75 Å². The number of rotatable bonds is 8. The third kappa shape index (κ3) is 5.64. The Morgan fingerprint density at radius 1 is 1.32 bits per heavy atom. The van der Waals surface area contributed by atoms with Gasteiger partial charge in [-0.3, -0.25) is 9.59 Å². The average Bonchev–Trinajstić information content (AvgIpc) is 3.42. The van der Waals surface area contributed by atoms with Gasteiger partial charge in [-0.2, -0.15) is 11.3 Å². The Morgan fingerprint density at radius 3 is 2.94 bits per heavy atom. The number of carbonyl (C=O) groups is 2. The summed E-state index contributed by atoms with van der Waals surface area (Å²) >= 11 is 1.65. The first kappa shape index (κ1) is 21.8. The molecule has 2 aromatic rings. The minimum atomic E-state index is -0.360. The molecule has 0 bridgehead atoms. The molecule has 0 unspecified atom stereocenters. The fraction of sp³-hybridized carbons (Fsp3) is 0.500. The van der Waals surface area contributed by atoms with Crippen LogP contribution in [0, 0.1) is 11.7 Å². The van der Waals surface area contributed by atoms with E-state index in [1.165, 1.54) is 11.6 Å². The van der Waals surface area contributed by atoms with Crippen molar-refractivity contribution >= 4 is 23.2 Å². The van der Waals surface area contributed by atoms with Gasteiger partial charge in [0.1, 0.15) is 0 Å². The largest absolute Gasteiger partial charge is 0.490 e. The Labute approximate surface area is 186 Å². The summed E-state index contributed by atoms with van der Waals surface area (Å²) in [6.45, 7) is 1.79. The Hall–Kier alpha value is -2.41. The van der Waals surface area contributed by atoms with E-state index in [1.54, 1.807) is 29.5 Å². The molecule has 1 aromatic heterocycles. The lowest BCUT2D eigenvalue weighted by molar-refractivity contribution is -0.134. The Morgan fingerprint density at radius 2 is 2.19 bits per heavy atom. The van der Waals surface area contributed by atoms with Crippen molar-refractivity contribution in [3.8, 4) is 5.75 Å². The third-order valence-corrected chi connectivity index (χ3v) is 7.09. The van der Waals surface area contributed by atoms with Gasteiger partial charge in [-0.05, 0) is 66.6 Å². The number of piperidine rings is 1. The lowest BCUT2D eigenvalue weighted by Crippen LogP contribution is -2.46. The Kier molecular flexibility index (Phi) is 6.90. The van der Waals surface area contributed by atoms with E-state index in [0.29, 0.717) is 32.4 Å². The average molecular weight is 445 g/mol. The first-order valence-electron chi connectivity index (χ1n) is 11.0. The second-order valence-electron chi connectivity index (χ2n) is 8.73. The van der Waals surface area contributed by atoms with Crippen LogP contribution >= 0.6 is 11.3 Å². The predicted octanol–water partition coefficient (Wildman–Crippen LogP) is 4.18. The molecule has 2 aliphatic rings. The summed E-state index contributed by atoms with van der Waals surface area (Å²) in [5.41, 5.74) is 0.889. The number of hydrogen-bond acceptors (Lipinski definition) is 4. The molecule has 166 valence electrons. The quantitative estimate of drug-likeness (QED) is 0.665. The number of nitrogens with one attached hydrogen (secondary N) is 1. The van der Waals surface area contributed by atoms with Crippen molar-refractivity contribution in [1.29, 1.82) is 0 Å². The van der Waals surface area contributed by atoms with E-state index < -0.39 is 0 Å². The standard InChI is InChI=1S/C24H29FN2O3S/c25-20-5-1-2-6-21(20)30-16-19-4-3-12-27(15-19)23(29)8-11-24(10-7-22(28)26-24)14-18-9-13-31-17-18/h1-2,5-6,9,13,17,19H,3-4,7-8,10-12,14-16H2,(H,26,28)/t19-,24+/m0/s1. The topological polar surface area (TPSA) is 58.6 Å². The SMILES string of the molecule is O=C1CC[C@@](CCC(=O)N2CCC[C@H](COc3ccccc3F)C2)(Cc2ccsc2)N1. The molecule has 0 aliphatic carbocycles. The Balaban J connectivity index is 1.30. The van der Waals surface area contributed by atoms with Crippen LogP contribution in [0.1, 0.15) is 44.1 Å². The second-order valence-corrected chi connectivity index (χ2v) is 9.51. The first-order valence-corrected chi connectivity index (χ1v) is 11.9. The number of para-hydroxylation sites is 1. The van der Waals surface area contributed by atoms with E-state index in [1.807, 2.05) is 10.3 Å². The zero-order valence-corrected chi connectivity index (χ0v) is 18.5. The number of likely N-dealkylation sites (tertiary alicyclic amines) is 1. The molecule has 0 radical (unpaired) electrons. The van der Waals surface area contributed by atoms with Crippen LogP contribution in [-0.4, -0.2) is 41.9 Å². The van der Waals surface area contributed by atoms with Crippen molar-refractivity contribution in [3.63, 3.8) is 0 Å². The normalized spacial score (nSPS) is 23.6. The predicted molar refractivity (Wildman–Crippen MR) is 119 cm³/mol. The van der Waals surface area contributed by atoms with Crippen molar-refractivity contribution in [2.24, 2.45) is 5.92 Å². The molecule has 0 spiro atoms. The molecular weight excluding hydrogens is 415 g/mol. The van der Waals surface area contributed by atoms with Gasteiger partial charge in [-0.25, -0.2) is 4.39 Å². The van der Waals surface area contributed by atoms with Gasteiger partial charge in [0.15, 0.2) is 11.6 Å². The highest BCUT2D eigenvalue weighted by molar-refractivity contribution is 7.07.